The largest absolute Gasteiger partial charge is 0.474 e. The van der Waals surface area contributed by atoms with Gasteiger partial charge in [-0.2, -0.15) is 10.1 Å². The van der Waals surface area contributed by atoms with Gasteiger partial charge in [0.25, 0.3) is 0 Å². The van der Waals surface area contributed by atoms with Crippen LogP contribution in [0.2, 0.25) is 0 Å². The molecule has 1 fully saturated rings. The van der Waals surface area contributed by atoms with E-state index in [-0.39, 0.29) is 6.10 Å². The Bertz CT molecular complexity index is 1010. The zero-order valence-corrected chi connectivity index (χ0v) is 19.8. The van der Waals surface area contributed by atoms with E-state index in [0.717, 1.165) is 48.3 Å². The van der Waals surface area contributed by atoms with Crippen molar-refractivity contribution in [2.75, 3.05) is 17.8 Å². The second kappa shape index (κ2) is 9.44. The van der Waals surface area contributed by atoms with E-state index in [2.05, 4.69) is 59.6 Å². The summed E-state index contributed by atoms with van der Waals surface area (Å²) in [5, 5.41) is 8.81. The highest BCUT2D eigenvalue weighted by Crippen LogP contribution is 2.30. The molecule has 0 aliphatic carbocycles. The molecule has 166 valence electrons. The fourth-order valence-electron chi connectivity index (χ4n) is 3.79. The number of nitrogens with zero attached hydrogens (tertiary/aromatic N) is 4. The van der Waals surface area contributed by atoms with Gasteiger partial charge in [0.05, 0.1) is 0 Å². The quantitative estimate of drug-likeness (QED) is 0.498. The molecular formula is C23H32N6OS. The Morgan fingerprint density at radius 3 is 2.45 bits per heavy atom. The number of rotatable bonds is 7. The fraction of sp³-hybridized carbons (Fsp3) is 0.522. The number of hydrogen-bond donors (Lipinski definition) is 2. The highest BCUT2D eigenvalue weighted by atomic mass is 32.2. The zero-order chi connectivity index (χ0) is 22.0. The monoisotopic (exact) mass is 440 g/mol. The Kier molecular flexibility index (Phi) is 6.67. The molecule has 2 aromatic heterocycles. The van der Waals surface area contributed by atoms with Crippen LogP contribution in [0.4, 0.5) is 5.69 Å². The lowest BCUT2D eigenvalue weighted by Crippen LogP contribution is -2.41. The summed E-state index contributed by atoms with van der Waals surface area (Å²) in [6.45, 7) is 12.9. The maximum Gasteiger partial charge on any atom is 0.228 e. The Balaban J connectivity index is 1.57. The lowest BCUT2D eigenvalue weighted by Gasteiger charge is -2.34. The lowest BCUT2D eigenvalue weighted by molar-refractivity contribution is 0.0824. The number of aromatic amines is 1. The number of anilines is 1. The van der Waals surface area contributed by atoms with Crippen molar-refractivity contribution in [1.29, 1.82) is 0 Å². The number of piperidine rings is 1. The number of aromatic nitrogens is 4. The predicted octanol–water partition coefficient (Wildman–Crippen LogP) is 5.05. The number of ether oxygens (including phenoxy) is 1. The number of H-pyrrole nitrogens is 1. The molecule has 1 aliphatic heterocycles. The van der Waals surface area contributed by atoms with Crippen molar-refractivity contribution >= 4 is 28.7 Å². The van der Waals surface area contributed by atoms with Crippen LogP contribution in [0, 0.1) is 6.92 Å². The Hall–Kier alpha value is -2.32. The van der Waals surface area contributed by atoms with Gasteiger partial charge in [-0.3, -0.25) is 5.10 Å². The van der Waals surface area contributed by atoms with Crippen LogP contribution in [-0.4, -0.2) is 55.6 Å². The Labute approximate surface area is 188 Å². The molecule has 31 heavy (non-hydrogen) atoms. The third kappa shape index (κ3) is 5.13. The van der Waals surface area contributed by atoms with E-state index in [0.29, 0.717) is 28.6 Å². The van der Waals surface area contributed by atoms with E-state index < -0.39 is 0 Å². The first-order valence-electron chi connectivity index (χ1n) is 11.1. The maximum atomic E-state index is 6.43. The molecule has 0 bridgehead atoms. The average Bonchev–Trinajstić information content (AvgIpc) is 3.14. The minimum absolute atomic E-state index is 0.162. The Morgan fingerprint density at radius 1 is 1.10 bits per heavy atom. The van der Waals surface area contributed by atoms with E-state index >= 15 is 0 Å². The SMILES string of the molecule is Cc1[nH]nc2nc(-c3ccc(NSC(C)C)cc3)nc(OC3CCN(C(C)C)CC3)c12. The van der Waals surface area contributed by atoms with Crippen LogP contribution in [0.15, 0.2) is 24.3 Å². The molecule has 8 heteroatoms. The summed E-state index contributed by atoms with van der Waals surface area (Å²) >= 11 is 1.70. The van der Waals surface area contributed by atoms with Gasteiger partial charge in [0.2, 0.25) is 5.88 Å². The molecule has 1 aromatic carbocycles. The summed E-state index contributed by atoms with van der Waals surface area (Å²) in [6.07, 6.45) is 2.17. The van der Waals surface area contributed by atoms with E-state index in [9.17, 15) is 0 Å². The summed E-state index contributed by atoms with van der Waals surface area (Å²) < 4.78 is 9.80. The molecule has 3 heterocycles. The molecule has 1 aliphatic rings. The average molecular weight is 441 g/mol. The second-order valence-electron chi connectivity index (χ2n) is 8.69. The standard InChI is InChI=1S/C23H32N6OS/c1-14(2)29-12-10-19(11-13-29)30-23-20-16(5)26-27-22(20)24-21(25-23)17-6-8-18(9-7-17)28-31-15(3)4/h6-9,14-15,19,28H,10-13H2,1-5H3,(H,24,25,26,27). The van der Waals surface area contributed by atoms with Gasteiger partial charge in [-0.15, -0.1) is 0 Å². The summed E-state index contributed by atoms with van der Waals surface area (Å²) in [4.78, 5) is 12.0. The third-order valence-electron chi connectivity index (χ3n) is 5.60. The molecule has 0 atom stereocenters. The number of fused-ring (bicyclic) bond motifs is 1. The van der Waals surface area contributed by atoms with Crippen molar-refractivity contribution in [2.24, 2.45) is 0 Å². The highest BCUT2D eigenvalue weighted by Gasteiger charge is 2.24. The molecule has 7 nitrogen and oxygen atoms in total. The number of hydrogen-bond acceptors (Lipinski definition) is 7. The van der Waals surface area contributed by atoms with Gasteiger partial charge in [-0.05, 0) is 69.8 Å². The summed E-state index contributed by atoms with van der Waals surface area (Å²) in [6, 6.07) is 8.75. The predicted molar refractivity (Wildman–Crippen MR) is 129 cm³/mol. The number of aryl methyl sites for hydroxylation is 1. The molecule has 0 amide bonds. The van der Waals surface area contributed by atoms with Gasteiger partial charge in [0.1, 0.15) is 11.5 Å². The highest BCUT2D eigenvalue weighted by molar-refractivity contribution is 8.01. The van der Waals surface area contributed by atoms with E-state index in [1.165, 1.54) is 0 Å². The molecule has 1 saturated heterocycles. The van der Waals surface area contributed by atoms with Crippen LogP contribution in [-0.2, 0) is 0 Å². The third-order valence-corrected chi connectivity index (χ3v) is 6.43. The van der Waals surface area contributed by atoms with Crippen LogP contribution >= 0.6 is 11.9 Å². The first kappa shape index (κ1) is 21.9. The first-order chi connectivity index (χ1) is 14.9. The van der Waals surface area contributed by atoms with Crippen molar-refractivity contribution in [3.05, 3.63) is 30.0 Å². The molecular weight excluding hydrogens is 408 g/mol. The van der Waals surface area contributed by atoms with Crippen molar-refractivity contribution in [2.45, 2.75) is 64.9 Å². The maximum absolute atomic E-state index is 6.43. The normalized spacial score (nSPS) is 15.8. The molecule has 0 spiro atoms. The number of nitrogens with one attached hydrogen (secondary N) is 2. The molecule has 0 saturated carbocycles. The van der Waals surface area contributed by atoms with Gasteiger partial charge < -0.3 is 14.4 Å². The Morgan fingerprint density at radius 2 is 1.81 bits per heavy atom. The van der Waals surface area contributed by atoms with Crippen molar-refractivity contribution < 1.29 is 4.74 Å². The van der Waals surface area contributed by atoms with Crippen LogP contribution < -0.4 is 9.46 Å². The van der Waals surface area contributed by atoms with Crippen LogP contribution in [0.3, 0.4) is 0 Å². The van der Waals surface area contributed by atoms with Crippen molar-refractivity contribution in [3.63, 3.8) is 0 Å². The molecule has 3 aromatic rings. The van der Waals surface area contributed by atoms with Gasteiger partial charge in [0.15, 0.2) is 11.5 Å². The van der Waals surface area contributed by atoms with Crippen LogP contribution in [0.5, 0.6) is 5.88 Å². The van der Waals surface area contributed by atoms with E-state index in [4.69, 9.17) is 14.7 Å². The smallest absolute Gasteiger partial charge is 0.228 e. The summed E-state index contributed by atoms with van der Waals surface area (Å²) in [5.74, 6) is 1.27. The van der Waals surface area contributed by atoms with Gasteiger partial charge in [0, 0.05) is 41.3 Å². The minimum Gasteiger partial charge on any atom is -0.474 e. The molecule has 0 unspecified atom stereocenters. The van der Waals surface area contributed by atoms with Gasteiger partial charge in [-0.1, -0.05) is 13.8 Å². The zero-order valence-electron chi connectivity index (χ0n) is 19.0. The lowest BCUT2D eigenvalue weighted by atomic mass is 10.1. The molecule has 2 N–H and O–H groups in total. The minimum atomic E-state index is 0.162. The van der Waals surface area contributed by atoms with Gasteiger partial charge in [-0.25, -0.2) is 4.98 Å². The van der Waals surface area contributed by atoms with Gasteiger partial charge >= 0.3 is 0 Å². The van der Waals surface area contributed by atoms with E-state index in [1.54, 1.807) is 11.9 Å². The van der Waals surface area contributed by atoms with Crippen LogP contribution in [0.1, 0.15) is 46.2 Å². The summed E-state index contributed by atoms with van der Waals surface area (Å²) in [7, 11) is 0. The van der Waals surface area contributed by atoms with Crippen molar-refractivity contribution in [3.8, 4) is 17.3 Å². The summed E-state index contributed by atoms with van der Waals surface area (Å²) in [5.41, 5.74) is 3.59. The number of benzene rings is 1. The topological polar surface area (TPSA) is 79.0 Å². The van der Waals surface area contributed by atoms with Crippen LogP contribution in [0.25, 0.3) is 22.4 Å². The van der Waals surface area contributed by atoms with Crippen molar-refractivity contribution in [1.82, 2.24) is 25.1 Å². The fourth-order valence-corrected chi connectivity index (χ4v) is 4.29. The number of likely N-dealkylation sites (tertiary alicyclic amines) is 1. The first-order valence-corrected chi connectivity index (χ1v) is 11.9. The second-order valence-corrected chi connectivity index (χ2v) is 10.1. The molecule has 4 rings (SSSR count). The van der Waals surface area contributed by atoms with E-state index in [1.807, 2.05) is 19.1 Å². The molecule has 0 radical (unpaired) electrons.